The predicted octanol–water partition coefficient (Wildman–Crippen LogP) is 2.94. The third-order valence-corrected chi connectivity index (χ3v) is 5.63. The Hall–Kier alpha value is -3.42. The molecule has 0 spiro atoms. The minimum atomic E-state index is 0.0266. The van der Waals surface area contributed by atoms with Crippen LogP contribution in [0.15, 0.2) is 36.4 Å². The molecule has 1 amide bonds. The Kier molecular flexibility index (Phi) is 4.19. The highest BCUT2D eigenvalue weighted by molar-refractivity contribution is 5.98. The van der Waals surface area contributed by atoms with Crippen molar-refractivity contribution >= 4 is 22.5 Å². The largest absolute Gasteiger partial charge is 0.497 e. The second-order valence-electron chi connectivity index (χ2n) is 7.51. The van der Waals surface area contributed by atoms with Crippen LogP contribution < -0.4 is 4.74 Å². The second kappa shape index (κ2) is 6.88. The zero-order valence-corrected chi connectivity index (χ0v) is 16.4. The van der Waals surface area contributed by atoms with E-state index in [2.05, 4.69) is 20.3 Å². The lowest BCUT2D eigenvalue weighted by Crippen LogP contribution is -2.38. The molecule has 0 saturated carbocycles. The number of aromatic nitrogens is 5. The van der Waals surface area contributed by atoms with E-state index in [1.807, 2.05) is 52.7 Å². The lowest BCUT2D eigenvalue weighted by molar-refractivity contribution is 0.0705. The SMILES string of the molecule is COc1ccc2cc(C(=O)N3CCC(c4nnc5ccc(C)nn45)CC3)[nH]c2c1. The third kappa shape index (κ3) is 3.10. The molecule has 0 aliphatic carbocycles. The fourth-order valence-electron chi connectivity index (χ4n) is 4.01. The molecule has 0 unspecified atom stereocenters. The van der Waals surface area contributed by atoms with Gasteiger partial charge < -0.3 is 14.6 Å². The quantitative estimate of drug-likeness (QED) is 0.581. The highest BCUT2D eigenvalue weighted by atomic mass is 16.5. The monoisotopic (exact) mass is 390 g/mol. The highest BCUT2D eigenvalue weighted by Gasteiger charge is 2.28. The minimum Gasteiger partial charge on any atom is -0.497 e. The van der Waals surface area contributed by atoms with Gasteiger partial charge in [0.05, 0.1) is 12.8 Å². The van der Waals surface area contributed by atoms with E-state index in [4.69, 9.17) is 4.74 Å². The van der Waals surface area contributed by atoms with Gasteiger partial charge in [0.25, 0.3) is 5.91 Å². The number of amides is 1. The van der Waals surface area contributed by atoms with Crippen molar-refractivity contribution in [2.24, 2.45) is 0 Å². The molecular weight excluding hydrogens is 368 g/mol. The van der Waals surface area contributed by atoms with Gasteiger partial charge in [-0.15, -0.1) is 10.2 Å². The van der Waals surface area contributed by atoms with Gasteiger partial charge in [-0.25, -0.2) is 0 Å². The number of hydrogen-bond acceptors (Lipinski definition) is 5. The zero-order valence-electron chi connectivity index (χ0n) is 16.4. The van der Waals surface area contributed by atoms with E-state index in [0.717, 1.165) is 46.7 Å². The third-order valence-electron chi connectivity index (χ3n) is 5.63. The maximum Gasteiger partial charge on any atom is 0.270 e. The summed E-state index contributed by atoms with van der Waals surface area (Å²) in [6.07, 6.45) is 1.69. The van der Waals surface area contributed by atoms with Crippen LogP contribution in [0, 0.1) is 6.92 Å². The van der Waals surface area contributed by atoms with E-state index in [1.54, 1.807) is 7.11 Å². The number of nitrogens with one attached hydrogen (secondary N) is 1. The molecule has 148 valence electrons. The van der Waals surface area contributed by atoms with Crippen molar-refractivity contribution in [2.75, 3.05) is 20.2 Å². The number of hydrogen-bond donors (Lipinski definition) is 1. The molecule has 1 aliphatic heterocycles. The zero-order chi connectivity index (χ0) is 20.0. The minimum absolute atomic E-state index is 0.0266. The van der Waals surface area contributed by atoms with Gasteiger partial charge in [0, 0.05) is 36.0 Å². The molecule has 1 N–H and O–H groups in total. The number of rotatable bonds is 3. The van der Waals surface area contributed by atoms with E-state index >= 15 is 0 Å². The van der Waals surface area contributed by atoms with Gasteiger partial charge in [-0.1, -0.05) is 0 Å². The first kappa shape index (κ1) is 17.7. The number of nitrogens with zero attached hydrogens (tertiary/aromatic N) is 5. The molecule has 8 nitrogen and oxygen atoms in total. The Morgan fingerprint density at radius 3 is 2.76 bits per heavy atom. The Bertz CT molecular complexity index is 1200. The molecule has 5 rings (SSSR count). The second-order valence-corrected chi connectivity index (χ2v) is 7.51. The number of aromatic amines is 1. The van der Waals surface area contributed by atoms with Crippen LogP contribution in [0.1, 0.15) is 40.8 Å². The Morgan fingerprint density at radius 2 is 1.97 bits per heavy atom. The summed E-state index contributed by atoms with van der Waals surface area (Å²) in [5.41, 5.74) is 3.20. The molecule has 0 radical (unpaired) electrons. The molecule has 8 heteroatoms. The maximum absolute atomic E-state index is 13.0. The first-order valence-corrected chi connectivity index (χ1v) is 9.77. The Labute approximate surface area is 167 Å². The summed E-state index contributed by atoms with van der Waals surface area (Å²) in [4.78, 5) is 18.1. The van der Waals surface area contributed by atoms with Crippen LogP contribution in [0.5, 0.6) is 5.75 Å². The first-order valence-electron chi connectivity index (χ1n) is 9.77. The predicted molar refractivity (Wildman–Crippen MR) is 108 cm³/mol. The van der Waals surface area contributed by atoms with Crippen LogP contribution in [0.3, 0.4) is 0 Å². The summed E-state index contributed by atoms with van der Waals surface area (Å²) >= 11 is 0. The van der Waals surface area contributed by atoms with Crippen molar-refractivity contribution in [1.82, 2.24) is 29.7 Å². The van der Waals surface area contributed by atoms with Crippen molar-refractivity contribution in [3.63, 3.8) is 0 Å². The number of ether oxygens (including phenoxy) is 1. The van der Waals surface area contributed by atoms with Crippen molar-refractivity contribution in [3.05, 3.63) is 53.6 Å². The van der Waals surface area contributed by atoms with Gasteiger partial charge >= 0.3 is 0 Å². The number of carbonyl (C=O) groups excluding carboxylic acids is 1. The number of aryl methyl sites for hydroxylation is 1. The first-order chi connectivity index (χ1) is 14.1. The van der Waals surface area contributed by atoms with E-state index in [0.29, 0.717) is 18.8 Å². The summed E-state index contributed by atoms with van der Waals surface area (Å²) in [6, 6.07) is 11.5. The van der Waals surface area contributed by atoms with Crippen LogP contribution in [0.25, 0.3) is 16.6 Å². The number of benzene rings is 1. The molecule has 3 aromatic heterocycles. The van der Waals surface area contributed by atoms with Crippen LogP contribution in [0.4, 0.5) is 0 Å². The van der Waals surface area contributed by atoms with Gasteiger partial charge in [-0.05, 0) is 50.1 Å². The Morgan fingerprint density at radius 1 is 1.14 bits per heavy atom. The lowest BCUT2D eigenvalue weighted by Gasteiger charge is -2.30. The summed E-state index contributed by atoms with van der Waals surface area (Å²) in [7, 11) is 1.63. The van der Waals surface area contributed by atoms with E-state index in [9.17, 15) is 4.79 Å². The van der Waals surface area contributed by atoms with Crippen molar-refractivity contribution < 1.29 is 9.53 Å². The standard InChI is InChI=1S/C21H22N6O2/c1-13-3-6-19-23-24-20(27(19)25-13)14-7-9-26(10-8-14)21(28)18-11-15-4-5-16(29-2)12-17(15)22-18/h3-6,11-12,14,22H,7-10H2,1-2H3. The number of carbonyl (C=O) groups is 1. The fourth-order valence-corrected chi connectivity index (χ4v) is 4.01. The van der Waals surface area contributed by atoms with Crippen molar-refractivity contribution in [3.8, 4) is 5.75 Å². The highest BCUT2D eigenvalue weighted by Crippen LogP contribution is 2.28. The molecule has 1 aliphatic rings. The van der Waals surface area contributed by atoms with E-state index in [1.165, 1.54) is 0 Å². The molecule has 29 heavy (non-hydrogen) atoms. The molecule has 1 saturated heterocycles. The molecule has 0 atom stereocenters. The average Bonchev–Trinajstić information content (AvgIpc) is 3.36. The normalized spacial score (nSPS) is 15.3. The fraction of sp³-hybridized carbons (Fsp3) is 0.333. The molecule has 1 fully saturated rings. The van der Waals surface area contributed by atoms with Gasteiger partial charge in [0.2, 0.25) is 0 Å². The lowest BCUT2D eigenvalue weighted by atomic mass is 9.96. The van der Waals surface area contributed by atoms with Gasteiger partial charge in [0.15, 0.2) is 11.5 Å². The smallest absolute Gasteiger partial charge is 0.270 e. The number of H-pyrrole nitrogens is 1. The molecule has 4 heterocycles. The van der Waals surface area contributed by atoms with E-state index in [-0.39, 0.29) is 11.8 Å². The van der Waals surface area contributed by atoms with Crippen LogP contribution in [0.2, 0.25) is 0 Å². The number of likely N-dealkylation sites (tertiary alicyclic amines) is 1. The number of methoxy groups -OCH3 is 1. The summed E-state index contributed by atoms with van der Waals surface area (Å²) in [6.45, 7) is 3.33. The van der Waals surface area contributed by atoms with Crippen molar-refractivity contribution in [1.29, 1.82) is 0 Å². The average molecular weight is 390 g/mol. The summed E-state index contributed by atoms with van der Waals surface area (Å²) in [5, 5.41) is 14.1. The van der Waals surface area contributed by atoms with Gasteiger partial charge in [-0.3, -0.25) is 4.79 Å². The Balaban J connectivity index is 1.32. The summed E-state index contributed by atoms with van der Waals surface area (Å²) < 4.78 is 7.10. The topological polar surface area (TPSA) is 88.4 Å². The summed E-state index contributed by atoms with van der Waals surface area (Å²) in [5.74, 6) is 1.92. The van der Waals surface area contributed by atoms with E-state index < -0.39 is 0 Å². The number of fused-ring (bicyclic) bond motifs is 2. The van der Waals surface area contributed by atoms with Crippen LogP contribution in [-0.4, -0.2) is 55.8 Å². The number of piperidine rings is 1. The van der Waals surface area contributed by atoms with Crippen LogP contribution >= 0.6 is 0 Å². The van der Waals surface area contributed by atoms with Gasteiger partial charge in [-0.2, -0.15) is 9.61 Å². The van der Waals surface area contributed by atoms with Crippen molar-refractivity contribution in [2.45, 2.75) is 25.7 Å². The van der Waals surface area contributed by atoms with Gasteiger partial charge in [0.1, 0.15) is 11.4 Å². The molecule has 4 aromatic rings. The molecule has 1 aromatic carbocycles. The van der Waals surface area contributed by atoms with Crippen LogP contribution in [-0.2, 0) is 0 Å². The maximum atomic E-state index is 13.0. The molecule has 0 bridgehead atoms. The molecular formula is C21H22N6O2.